The van der Waals surface area contributed by atoms with Gasteiger partial charge in [-0.3, -0.25) is 14.3 Å². The van der Waals surface area contributed by atoms with Gasteiger partial charge in [-0.05, 0) is 23.8 Å². The van der Waals surface area contributed by atoms with Gasteiger partial charge < -0.3 is 19.6 Å². The fourth-order valence-electron chi connectivity index (χ4n) is 3.47. The van der Waals surface area contributed by atoms with E-state index in [1.165, 1.54) is 6.92 Å². The van der Waals surface area contributed by atoms with Crippen molar-refractivity contribution in [1.29, 1.82) is 0 Å². The molecule has 1 fully saturated rings. The van der Waals surface area contributed by atoms with Crippen LogP contribution in [0, 0.1) is 0 Å². The molecule has 8 nitrogen and oxygen atoms in total. The average Bonchev–Trinajstić information content (AvgIpc) is 3.09. The highest BCUT2D eigenvalue weighted by Crippen LogP contribution is 2.19. The molecule has 2 aromatic rings. The highest BCUT2D eigenvalue weighted by Gasteiger charge is 2.38. The number of hydrogen-bond acceptors (Lipinski definition) is 5. The van der Waals surface area contributed by atoms with E-state index in [1.807, 2.05) is 24.3 Å². The summed E-state index contributed by atoms with van der Waals surface area (Å²) in [7, 11) is 1.60. The van der Waals surface area contributed by atoms with Crippen LogP contribution in [0.15, 0.2) is 42.7 Å². The molecule has 0 spiro atoms. The molecule has 1 aliphatic heterocycles. The smallest absolute Gasteiger partial charge is 0.227 e. The number of aromatic nitrogens is 2. The predicted octanol–water partition coefficient (Wildman–Crippen LogP) is 0.556. The molecule has 0 radical (unpaired) electrons. The van der Waals surface area contributed by atoms with E-state index >= 15 is 0 Å². The zero-order valence-electron chi connectivity index (χ0n) is 16.2. The fourth-order valence-corrected chi connectivity index (χ4v) is 3.47. The molecule has 0 aliphatic carbocycles. The highest BCUT2D eigenvalue weighted by atomic mass is 16.5. The van der Waals surface area contributed by atoms with Crippen LogP contribution < -0.4 is 4.74 Å². The van der Waals surface area contributed by atoms with Gasteiger partial charge in [-0.1, -0.05) is 12.1 Å². The van der Waals surface area contributed by atoms with Gasteiger partial charge in [0.25, 0.3) is 0 Å². The minimum Gasteiger partial charge on any atom is -0.497 e. The van der Waals surface area contributed by atoms with Crippen molar-refractivity contribution in [3.63, 3.8) is 0 Å². The van der Waals surface area contributed by atoms with Crippen LogP contribution in [0.2, 0.25) is 0 Å². The summed E-state index contributed by atoms with van der Waals surface area (Å²) in [5.74, 6) is 0.523. The van der Waals surface area contributed by atoms with Crippen molar-refractivity contribution < 1.29 is 19.4 Å². The van der Waals surface area contributed by atoms with Gasteiger partial charge in [-0.25, -0.2) is 0 Å². The molecule has 0 saturated carbocycles. The quantitative estimate of drug-likeness (QED) is 0.811. The van der Waals surface area contributed by atoms with Crippen molar-refractivity contribution in [1.82, 2.24) is 19.6 Å². The molecule has 1 aliphatic rings. The van der Waals surface area contributed by atoms with E-state index in [2.05, 4.69) is 5.10 Å². The Hall–Kier alpha value is -2.87. The molecule has 1 unspecified atom stereocenters. The summed E-state index contributed by atoms with van der Waals surface area (Å²) >= 11 is 0. The Bertz CT molecular complexity index is 806. The second-order valence-electron chi connectivity index (χ2n) is 7.21. The molecule has 8 heteroatoms. The highest BCUT2D eigenvalue weighted by molar-refractivity contribution is 5.79. The molecule has 1 aromatic carbocycles. The number of carbonyl (C=O) groups is 2. The fraction of sp³-hybridized carbons (Fsp3) is 0.450. The molecule has 0 bridgehead atoms. The normalized spacial score (nSPS) is 20.0. The molecule has 1 atom stereocenters. The lowest BCUT2D eigenvalue weighted by Crippen LogP contribution is -2.51. The van der Waals surface area contributed by atoms with Gasteiger partial charge in [-0.15, -0.1) is 0 Å². The Morgan fingerprint density at radius 1 is 1.18 bits per heavy atom. The zero-order chi connectivity index (χ0) is 20.1. The van der Waals surface area contributed by atoms with Gasteiger partial charge in [0.1, 0.15) is 11.4 Å². The lowest BCUT2D eigenvalue weighted by molar-refractivity contribution is -0.133. The number of nitrogens with zero attached hydrogens (tertiary/aromatic N) is 4. The van der Waals surface area contributed by atoms with Gasteiger partial charge in [0.2, 0.25) is 11.8 Å². The van der Waals surface area contributed by atoms with E-state index in [1.54, 1.807) is 40.1 Å². The minimum absolute atomic E-state index is 0.0885. The number of ether oxygens (including phenoxy) is 1. The number of amides is 2. The van der Waals surface area contributed by atoms with Crippen molar-refractivity contribution in [2.75, 3.05) is 33.3 Å². The van der Waals surface area contributed by atoms with Crippen molar-refractivity contribution in [3.05, 3.63) is 48.3 Å². The van der Waals surface area contributed by atoms with Crippen LogP contribution in [0.5, 0.6) is 5.75 Å². The van der Waals surface area contributed by atoms with E-state index in [0.717, 1.165) is 11.3 Å². The van der Waals surface area contributed by atoms with Crippen LogP contribution in [0.3, 0.4) is 0 Å². The van der Waals surface area contributed by atoms with Crippen LogP contribution in [-0.2, 0) is 22.6 Å². The van der Waals surface area contributed by atoms with Gasteiger partial charge >= 0.3 is 0 Å². The van der Waals surface area contributed by atoms with Crippen LogP contribution in [0.1, 0.15) is 12.5 Å². The van der Waals surface area contributed by atoms with Gasteiger partial charge in [0.15, 0.2) is 0 Å². The molecule has 150 valence electrons. The molecule has 1 saturated heterocycles. The van der Waals surface area contributed by atoms with E-state index in [0.29, 0.717) is 13.1 Å². The van der Waals surface area contributed by atoms with E-state index in [9.17, 15) is 14.7 Å². The summed E-state index contributed by atoms with van der Waals surface area (Å²) in [4.78, 5) is 28.1. The Balaban J connectivity index is 1.75. The minimum atomic E-state index is -1.27. The number of β-amino-alcohol motifs (C(OH)–C–C–N with tert-alkyl or cyclic N) is 1. The molecular weight excluding hydrogens is 360 g/mol. The summed E-state index contributed by atoms with van der Waals surface area (Å²) in [6, 6.07) is 9.11. The first-order valence-corrected chi connectivity index (χ1v) is 9.24. The van der Waals surface area contributed by atoms with Crippen molar-refractivity contribution >= 4 is 11.8 Å². The Labute approximate surface area is 164 Å². The van der Waals surface area contributed by atoms with Crippen LogP contribution in [0.4, 0.5) is 0 Å². The standard InChI is InChI=1S/C20H26N4O4/c1-16(25)22-10-11-23(14-20(27,13-22)15-24-9-3-8-21-24)19(26)12-17-4-6-18(28-2)7-5-17/h3-9,27H,10-15H2,1-2H3. The molecule has 1 aromatic heterocycles. The number of aliphatic hydroxyl groups is 1. The molecule has 28 heavy (non-hydrogen) atoms. The number of carbonyl (C=O) groups excluding carboxylic acids is 2. The first kappa shape index (κ1) is 19.9. The largest absolute Gasteiger partial charge is 0.497 e. The van der Waals surface area contributed by atoms with E-state index < -0.39 is 5.60 Å². The van der Waals surface area contributed by atoms with E-state index in [4.69, 9.17) is 4.74 Å². The topological polar surface area (TPSA) is 87.9 Å². The van der Waals surface area contributed by atoms with Gasteiger partial charge in [0, 0.05) is 32.4 Å². The second-order valence-corrected chi connectivity index (χ2v) is 7.21. The number of benzene rings is 1. The maximum absolute atomic E-state index is 12.9. The molecule has 2 heterocycles. The summed E-state index contributed by atoms with van der Waals surface area (Å²) < 4.78 is 6.77. The third-order valence-electron chi connectivity index (χ3n) is 4.94. The lowest BCUT2D eigenvalue weighted by Gasteiger charge is -2.32. The van der Waals surface area contributed by atoms with Crippen LogP contribution in [0.25, 0.3) is 0 Å². The molecular formula is C20H26N4O4. The number of rotatable bonds is 5. The van der Waals surface area contributed by atoms with Crippen LogP contribution in [-0.4, -0.2) is 75.4 Å². The summed E-state index contributed by atoms with van der Waals surface area (Å²) in [6.07, 6.45) is 3.61. The third-order valence-corrected chi connectivity index (χ3v) is 4.94. The third kappa shape index (κ3) is 4.89. The van der Waals surface area contributed by atoms with Crippen LogP contribution >= 0.6 is 0 Å². The van der Waals surface area contributed by atoms with Crippen molar-refractivity contribution in [3.8, 4) is 5.75 Å². The van der Waals surface area contributed by atoms with E-state index in [-0.39, 0.29) is 37.9 Å². The summed E-state index contributed by atoms with van der Waals surface area (Å²) in [6.45, 7) is 2.76. The van der Waals surface area contributed by atoms with Crippen molar-refractivity contribution in [2.45, 2.75) is 25.5 Å². The zero-order valence-corrected chi connectivity index (χ0v) is 16.2. The number of methoxy groups -OCH3 is 1. The Morgan fingerprint density at radius 3 is 2.46 bits per heavy atom. The maximum atomic E-state index is 12.9. The SMILES string of the molecule is COc1ccc(CC(=O)N2CCN(C(C)=O)CC(O)(Cn3cccn3)C2)cc1. The van der Waals surface area contributed by atoms with Gasteiger partial charge in [-0.2, -0.15) is 5.10 Å². The maximum Gasteiger partial charge on any atom is 0.227 e. The monoisotopic (exact) mass is 386 g/mol. The second kappa shape index (κ2) is 8.43. The molecule has 1 N–H and O–H groups in total. The first-order chi connectivity index (χ1) is 13.4. The summed E-state index contributed by atoms with van der Waals surface area (Å²) in [5.41, 5.74) is -0.405. The van der Waals surface area contributed by atoms with Gasteiger partial charge in [0.05, 0.1) is 33.2 Å². The average molecular weight is 386 g/mol. The number of hydrogen-bond donors (Lipinski definition) is 1. The Morgan fingerprint density at radius 2 is 1.86 bits per heavy atom. The first-order valence-electron chi connectivity index (χ1n) is 9.24. The predicted molar refractivity (Wildman–Crippen MR) is 103 cm³/mol. The van der Waals surface area contributed by atoms with Crippen molar-refractivity contribution in [2.24, 2.45) is 0 Å². The summed E-state index contributed by atoms with van der Waals surface area (Å²) in [5, 5.41) is 15.4. The Kier molecular flexibility index (Phi) is 5.99. The molecule has 3 rings (SSSR count). The molecule has 2 amide bonds. The lowest BCUT2D eigenvalue weighted by atomic mass is 10.0.